The van der Waals surface area contributed by atoms with Gasteiger partial charge in [-0.05, 0) is 35.6 Å². The third kappa shape index (κ3) is 2.27. The number of para-hydroxylation sites is 1. The molecular formula is C18H18N2S. The van der Waals surface area contributed by atoms with Crippen molar-refractivity contribution in [1.82, 2.24) is 4.57 Å². The van der Waals surface area contributed by atoms with Crippen molar-refractivity contribution in [3.63, 3.8) is 0 Å². The van der Waals surface area contributed by atoms with E-state index in [4.69, 9.17) is 5.73 Å². The largest absolute Gasteiger partial charge is 0.342 e. The van der Waals surface area contributed by atoms with Crippen LogP contribution >= 0.6 is 11.8 Å². The van der Waals surface area contributed by atoms with E-state index in [-0.39, 0.29) is 0 Å². The van der Waals surface area contributed by atoms with Gasteiger partial charge in [-0.25, -0.2) is 0 Å². The topological polar surface area (TPSA) is 30.9 Å². The number of nitrogens with zero attached hydrogens (tertiary/aromatic N) is 1. The number of hydrogen-bond acceptors (Lipinski definition) is 2. The molecule has 4 rings (SSSR count). The van der Waals surface area contributed by atoms with Gasteiger partial charge in [-0.3, -0.25) is 0 Å². The summed E-state index contributed by atoms with van der Waals surface area (Å²) in [5.41, 5.74) is 9.96. The van der Waals surface area contributed by atoms with Crippen LogP contribution in [0, 0.1) is 0 Å². The van der Waals surface area contributed by atoms with E-state index in [1.165, 1.54) is 27.1 Å². The van der Waals surface area contributed by atoms with Crippen LogP contribution in [0.15, 0.2) is 59.5 Å². The lowest BCUT2D eigenvalue weighted by Gasteiger charge is -2.14. The summed E-state index contributed by atoms with van der Waals surface area (Å²) in [6, 6.07) is 19.5. The smallest absolute Gasteiger partial charge is 0.0483 e. The van der Waals surface area contributed by atoms with E-state index in [0.29, 0.717) is 11.8 Å². The maximum atomic E-state index is 5.95. The maximum Gasteiger partial charge on any atom is 0.0483 e. The zero-order valence-corrected chi connectivity index (χ0v) is 12.6. The van der Waals surface area contributed by atoms with Crippen molar-refractivity contribution in [3.8, 4) is 0 Å². The van der Waals surface area contributed by atoms with Gasteiger partial charge < -0.3 is 10.3 Å². The molecule has 0 saturated heterocycles. The van der Waals surface area contributed by atoms with Gasteiger partial charge in [0.05, 0.1) is 0 Å². The Morgan fingerprint density at radius 2 is 1.90 bits per heavy atom. The first-order valence-corrected chi connectivity index (χ1v) is 8.25. The van der Waals surface area contributed by atoms with Crippen molar-refractivity contribution in [2.75, 3.05) is 0 Å². The molecule has 0 bridgehead atoms. The van der Waals surface area contributed by atoms with E-state index in [2.05, 4.69) is 59.2 Å². The first-order valence-electron chi connectivity index (χ1n) is 7.37. The number of benzene rings is 2. The molecule has 0 radical (unpaired) electrons. The quantitative estimate of drug-likeness (QED) is 0.796. The number of nitrogens with two attached hydrogens (primary N) is 1. The second kappa shape index (κ2) is 5.24. The highest BCUT2D eigenvalue weighted by molar-refractivity contribution is 8.00. The predicted octanol–water partition coefficient (Wildman–Crippen LogP) is 3.82. The summed E-state index contributed by atoms with van der Waals surface area (Å²) in [5.74, 6) is 0. The fourth-order valence-electron chi connectivity index (χ4n) is 3.21. The van der Waals surface area contributed by atoms with Crippen molar-refractivity contribution in [2.24, 2.45) is 5.73 Å². The second-order valence-electron chi connectivity index (χ2n) is 5.56. The minimum atomic E-state index is 0.596. The predicted molar refractivity (Wildman–Crippen MR) is 89.6 cm³/mol. The number of rotatable bonds is 3. The Labute approximate surface area is 129 Å². The summed E-state index contributed by atoms with van der Waals surface area (Å²) in [6.45, 7) is 1.62. The van der Waals surface area contributed by atoms with Crippen LogP contribution in [0.3, 0.4) is 0 Å². The van der Waals surface area contributed by atoms with E-state index in [0.717, 1.165) is 13.0 Å². The highest BCUT2D eigenvalue weighted by atomic mass is 32.2. The van der Waals surface area contributed by atoms with Crippen molar-refractivity contribution in [1.29, 1.82) is 0 Å². The van der Waals surface area contributed by atoms with Crippen molar-refractivity contribution in [3.05, 3.63) is 65.9 Å². The molecule has 1 aliphatic heterocycles. The van der Waals surface area contributed by atoms with Crippen LogP contribution in [-0.4, -0.2) is 9.82 Å². The van der Waals surface area contributed by atoms with Crippen molar-refractivity contribution >= 4 is 22.7 Å². The lowest BCUT2D eigenvalue weighted by atomic mass is 10.1. The molecule has 1 unspecified atom stereocenters. The van der Waals surface area contributed by atoms with Crippen LogP contribution in [0.4, 0.5) is 0 Å². The first-order chi connectivity index (χ1) is 10.3. The van der Waals surface area contributed by atoms with Gasteiger partial charge in [0.2, 0.25) is 0 Å². The molecule has 21 heavy (non-hydrogen) atoms. The number of aromatic nitrogens is 1. The summed E-state index contributed by atoms with van der Waals surface area (Å²) < 4.78 is 2.40. The average molecular weight is 294 g/mol. The fourth-order valence-corrected chi connectivity index (χ4v) is 4.52. The number of fused-ring (bicyclic) bond motifs is 2. The van der Waals surface area contributed by atoms with Gasteiger partial charge in [0.1, 0.15) is 0 Å². The van der Waals surface area contributed by atoms with Gasteiger partial charge in [-0.15, -0.1) is 11.8 Å². The van der Waals surface area contributed by atoms with Crippen LogP contribution < -0.4 is 5.73 Å². The molecular weight excluding hydrogens is 276 g/mol. The summed E-state index contributed by atoms with van der Waals surface area (Å²) in [6.07, 6.45) is 1.15. The molecule has 0 aliphatic carbocycles. The lowest BCUT2D eigenvalue weighted by Crippen LogP contribution is -2.15. The van der Waals surface area contributed by atoms with Crippen molar-refractivity contribution < 1.29 is 0 Å². The third-order valence-electron chi connectivity index (χ3n) is 4.21. The molecule has 2 nitrogen and oxygen atoms in total. The van der Waals surface area contributed by atoms with Gasteiger partial charge >= 0.3 is 0 Å². The molecule has 1 atom stereocenters. The van der Waals surface area contributed by atoms with Crippen LogP contribution in [-0.2, 0) is 19.5 Å². The molecule has 1 aliphatic rings. The first kappa shape index (κ1) is 13.0. The van der Waals surface area contributed by atoms with Gasteiger partial charge in [0, 0.05) is 34.4 Å². The van der Waals surface area contributed by atoms with Crippen molar-refractivity contribution in [2.45, 2.75) is 29.7 Å². The molecule has 106 valence electrons. The van der Waals surface area contributed by atoms with Gasteiger partial charge in [0.25, 0.3) is 0 Å². The Morgan fingerprint density at radius 3 is 2.76 bits per heavy atom. The second-order valence-corrected chi connectivity index (χ2v) is 6.90. The molecule has 2 heterocycles. The highest BCUT2D eigenvalue weighted by Gasteiger charge is 2.23. The molecule has 2 aromatic carbocycles. The van der Waals surface area contributed by atoms with Gasteiger partial charge in [-0.2, -0.15) is 0 Å². The molecule has 0 fully saturated rings. The van der Waals surface area contributed by atoms with Gasteiger partial charge in [0.15, 0.2) is 0 Å². The number of hydrogen-bond donors (Lipinski definition) is 1. The Bertz CT molecular complexity index is 766. The Morgan fingerprint density at radius 1 is 1.10 bits per heavy atom. The molecule has 0 saturated carbocycles. The normalized spacial score (nSPS) is 17.3. The minimum absolute atomic E-state index is 0.596. The molecule has 0 amide bonds. The van der Waals surface area contributed by atoms with Crippen LogP contribution in [0.2, 0.25) is 0 Å². The SMILES string of the molecule is NCc1cc2ccccc2n1CC1Cc2ccccc2S1. The van der Waals surface area contributed by atoms with Crippen LogP contribution in [0.1, 0.15) is 11.3 Å². The Hall–Kier alpha value is -1.71. The fraction of sp³-hybridized carbons (Fsp3) is 0.222. The molecule has 2 N–H and O–H groups in total. The molecule has 0 spiro atoms. The zero-order valence-electron chi connectivity index (χ0n) is 11.8. The third-order valence-corrected chi connectivity index (χ3v) is 5.51. The molecule has 3 heteroatoms. The number of thioether (sulfide) groups is 1. The molecule has 3 aromatic rings. The van der Waals surface area contributed by atoms with Gasteiger partial charge in [-0.1, -0.05) is 36.4 Å². The van der Waals surface area contributed by atoms with E-state index >= 15 is 0 Å². The van der Waals surface area contributed by atoms with Crippen LogP contribution in [0.25, 0.3) is 10.9 Å². The molecule has 1 aromatic heterocycles. The summed E-state index contributed by atoms with van der Waals surface area (Å²) in [4.78, 5) is 1.44. The van der Waals surface area contributed by atoms with E-state index in [9.17, 15) is 0 Å². The van der Waals surface area contributed by atoms with E-state index in [1.807, 2.05) is 11.8 Å². The van der Waals surface area contributed by atoms with E-state index < -0.39 is 0 Å². The summed E-state index contributed by atoms with van der Waals surface area (Å²) >= 11 is 2.00. The monoisotopic (exact) mass is 294 g/mol. The summed E-state index contributed by atoms with van der Waals surface area (Å²) in [7, 11) is 0. The van der Waals surface area contributed by atoms with Crippen LogP contribution in [0.5, 0.6) is 0 Å². The maximum absolute atomic E-state index is 5.95. The lowest BCUT2D eigenvalue weighted by molar-refractivity contribution is 0.655. The Balaban J connectivity index is 1.66. The average Bonchev–Trinajstić information content (AvgIpc) is 3.08. The summed E-state index contributed by atoms with van der Waals surface area (Å²) in [5, 5.41) is 1.89. The van der Waals surface area contributed by atoms with E-state index in [1.54, 1.807) is 0 Å². The Kier molecular flexibility index (Phi) is 3.24. The zero-order chi connectivity index (χ0) is 14.2. The minimum Gasteiger partial charge on any atom is -0.342 e. The highest BCUT2D eigenvalue weighted by Crippen LogP contribution is 2.38. The standard InChI is InChI=1S/C18H18N2S/c19-11-15-9-13-5-1-3-7-17(13)20(15)12-16-10-14-6-2-4-8-18(14)21-16/h1-9,16H,10-12,19H2.